The average Bonchev–Trinajstić information content (AvgIpc) is 2.92. The molecule has 1 aliphatic carbocycles. The number of nitrogens with zero attached hydrogens (tertiary/aromatic N) is 1. The zero-order valence-corrected chi connectivity index (χ0v) is 8.31. The first-order valence-corrected chi connectivity index (χ1v) is 4.88. The van der Waals surface area contributed by atoms with Gasteiger partial charge in [-0.05, 0) is 43.0 Å². The summed E-state index contributed by atoms with van der Waals surface area (Å²) in [6.45, 7) is 0. The molecule has 0 amide bonds. The van der Waals surface area contributed by atoms with Crippen LogP contribution in [0.2, 0.25) is 5.02 Å². The van der Waals surface area contributed by atoms with Crippen LogP contribution in [0.5, 0.6) is 0 Å². The topological polar surface area (TPSA) is 23.8 Å². The molecule has 1 fully saturated rings. The monoisotopic (exact) mass is 209 g/mol. The molecule has 1 aromatic rings. The lowest BCUT2D eigenvalue weighted by Crippen LogP contribution is -2.03. The van der Waals surface area contributed by atoms with E-state index in [9.17, 15) is 4.39 Å². The van der Waals surface area contributed by atoms with E-state index in [1.54, 1.807) is 6.07 Å². The minimum atomic E-state index is -0.314. The Labute approximate surface area is 87.1 Å². The largest absolute Gasteiger partial charge is 0.207 e. The van der Waals surface area contributed by atoms with Crippen LogP contribution in [0.1, 0.15) is 18.4 Å². The standard InChI is InChI=1S/C11H9ClFN/c12-9-1-2-10(13)8(5-9)6-11(7-14)3-4-11/h1-2,5H,3-4,6H2. The minimum Gasteiger partial charge on any atom is -0.207 e. The zero-order valence-electron chi connectivity index (χ0n) is 7.56. The molecule has 3 heteroatoms. The maximum Gasteiger partial charge on any atom is 0.126 e. The number of halogens is 2. The molecule has 0 aromatic heterocycles. The minimum absolute atomic E-state index is 0.268. The molecular formula is C11H9ClFN. The predicted octanol–water partition coefficient (Wildman–Crippen LogP) is 3.33. The molecule has 0 aliphatic heterocycles. The normalized spacial score (nSPS) is 17.5. The maximum absolute atomic E-state index is 13.3. The Hall–Kier alpha value is -1.07. The van der Waals surface area contributed by atoms with Crippen LogP contribution in [-0.2, 0) is 6.42 Å². The Balaban J connectivity index is 2.25. The van der Waals surface area contributed by atoms with Gasteiger partial charge < -0.3 is 0 Å². The molecule has 0 heterocycles. The van der Waals surface area contributed by atoms with Gasteiger partial charge in [-0.15, -0.1) is 0 Å². The molecule has 1 nitrogen and oxygen atoms in total. The summed E-state index contributed by atoms with van der Waals surface area (Å²) in [5.41, 5.74) is 0.238. The lowest BCUT2D eigenvalue weighted by Gasteiger charge is -2.06. The van der Waals surface area contributed by atoms with Crippen LogP contribution in [0.15, 0.2) is 18.2 Å². The van der Waals surface area contributed by atoms with Crippen molar-refractivity contribution in [3.63, 3.8) is 0 Å². The molecule has 1 aromatic carbocycles. The highest BCUT2D eigenvalue weighted by Crippen LogP contribution is 2.48. The summed E-state index contributed by atoms with van der Waals surface area (Å²) in [4.78, 5) is 0. The van der Waals surface area contributed by atoms with Crippen molar-refractivity contribution in [2.24, 2.45) is 5.41 Å². The number of hydrogen-bond donors (Lipinski definition) is 0. The van der Waals surface area contributed by atoms with Crippen LogP contribution in [0.3, 0.4) is 0 Å². The van der Waals surface area contributed by atoms with Crippen molar-refractivity contribution in [1.82, 2.24) is 0 Å². The molecule has 0 unspecified atom stereocenters. The number of hydrogen-bond acceptors (Lipinski definition) is 1. The molecule has 1 saturated carbocycles. The molecular weight excluding hydrogens is 201 g/mol. The summed E-state index contributed by atoms with van der Waals surface area (Å²) < 4.78 is 13.3. The van der Waals surface area contributed by atoms with Gasteiger partial charge in [-0.25, -0.2) is 4.39 Å². The van der Waals surface area contributed by atoms with Gasteiger partial charge in [0.05, 0.1) is 11.5 Å². The van der Waals surface area contributed by atoms with Crippen molar-refractivity contribution in [3.05, 3.63) is 34.6 Å². The van der Waals surface area contributed by atoms with Crippen LogP contribution in [0, 0.1) is 22.6 Å². The van der Waals surface area contributed by atoms with Gasteiger partial charge in [0, 0.05) is 5.02 Å². The van der Waals surface area contributed by atoms with E-state index in [0.29, 0.717) is 17.0 Å². The summed E-state index contributed by atoms with van der Waals surface area (Å²) in [6, 6.07) is 6.72. The summed E-state index contributed by atoms with van der Waals surface area (Å²) in [7, 11) is 0. The van der Waals surface area contributed by atoms with E-state index >= 15 is 0 Å². The van der Waals surface area contributed by atoms with E-state index in [1.807, 2.05) is 0 Å². The first kappa shape index (κ1) is 9.48. The number of nitriles is 1. The Morgan fingerprint density at radius 3 is 2.79 bits per heavy atom. The van der Waals surface area contributed by atoms with Crippen molar-refractivity contribution in [2.75, 3.05) is 0 Å². The fourth-order valence-electron chi connectivity index (χ4n) is 1.52. The van der Waals surface area contributed by atoms with Gasteiger partial charge in [0.15, 0.2) is 0 Å². The second-order valence-electron chi connectivity index (χ2n) is 3.80. The van der Waals surface area contributed by atoms with Gasteiger partial charge >= 0.3 is 0 Å². The summed E-state index contributed by atoms with van der Waals surface area (Å²) in [5.74, 6) is -0.268. The van der Waals surface area contributed by atoms with Gasteiger partial charge in [-0.3, -0.25) is 0 Å². The molecule has 2 rings (SSSR count). The summed E-state index contributed by atoms with van der Waals surface area (Å²) >= 11 is 5.76. The molecule has 72 valence electrons. The highest BCUT2D eigenvalue weighted by atomic mass is 35.5. The molecule has 0 N–H and O–H groups in total. The Bertz CT molecular complexity index is 404. The predicted molar refractivity (Wildman–Crippen MR) is 52.4 cm³/mol. The number of rotatable bonds is 2. The van der Waals surface area contributed by atoms with E-state index in [4.69, 9.17) is 16.9 Å². The molecule has 0 atom stereocenters. The first-order valence-electron chi connectivity index (χ1n) is 4.50. The van der Waals surface area contributed by atoms with Crippen molar-refractivity contribution in [3.8, 4) is 6.07 Å². The van der Waals surface area contributed by atoms with E-state index < -0.39 is 0 Å². The second-order valence-corrected chi connectivity index (χ2v) is 4.24. The highest BCUT2D eigenvalue weighted by Gasteiger charge is 2.43. The van der Waals surface area contributed by atoms with Crippen LogP contribution in [0.4, 0.5) is 4.39 Å². The van der Waals surface area contributed by atoms with Gasteiger partial charge in [-0.2, -0.15) is 5.26 Å². The third kappa shape index (κ3) is 1.73. The summed E-state index contributed by atoms with van der Waals surface area (Å²) in [5, 5.41) is 9.40. The second kappa shape index (κ2) is 3.25. The van der Waals surface area contributed by atoms with Crippen molar-refractivity contribution < 1.29 is 4.39 Å². The summed E-state index contributed by atoms with van der Waals surface area (Å²) in [6.07, 6.45) is 2.22. The maximum atomic E-state index is 13.3. The SMILES string of the molecule is N#CC1(Cc2cc(Cl)ccc2F)CC1. The Morgan fingerprint density at radius 2 is 2.21 bits per heavy atom. The van der Waals surface area contributed by atoms with E-state index in [2.05, 4.69) is 6.07 Å². The van der Waals surface area contributed by atoms with E-state index in [1.165, 1.54) is 12.1 Å². The molecule has 14 heavy (non-hydrogen) atoms. The first-order chi connectivity index (χ1) is 6.65. The van der Waals surface area contributed by atoms with Crippen molar-refractivity contribution in [2.45, 2.75) is 19.3 Å². The molecule has 0 spiro atoms. The van der Waals surface area contributed by atoms with Crippen LogP contribution in [0.25, 0.3) is 0 Å². The smallest absolute Gasteiger partial charge is 0.126 e. The lowest BCUT2D eigenvalue weighted by atomic mass is 9.98. The third-order valence-electron chi connectivity index (χ3n) is 2.63. The highest BCUT2D eigenvalue weighted by molar-refractivity contribution is 6.30. The average molecular weight is 210 g/mol. The quantitative estimate of drug-likeness (QED) is 0.733. The molecule has 0 radical (unpaired) electrons. The van der Waals surface area contributed by atoms with Crippen molar-refractivity contribution in [1.29, 1.82) is 5.26 Å². The van der Waals surface area contributed by atoms with Crippen LogP contribution in [-0.4, -0.2) is 0 Å². The van der Waals surface area contributed by atoms with E-state index in [0.717, 1.165) is 12.8 Å². The van der Waals surface area contributed by atoms with Crippen LogP contribution < -0.4 is 0 Å². The zero-order chi connectivity index (χ0) is 10.2. The Morgan fingerprint density at radius 1 is 1.50 bits per heavy atom. The lowest BCUT2D eigenvalue weighted by molar-refractivity contribution is 0.578. The van der Waals surface area contributed by atoms with E-state index in [-0.39, 0.29) is 11.2 Å². The third-order valence-corrected chi connectivity index (χ3v) is 2.86. The Kier molecular flexibility index (Phi) is 2.20. The molecule has 0 bridgehead atoms. The van der Waals surface area contributed by atoms with Gasteiger partial charge in [0.1, 0.15) is 5.82 Å². The molecule has 0 saturated heterocycles. The van der Waals surface area contributed by atoms with Crippen molar-refractivity contribution >= 4 is 11.6 Å². The van der Waals surface area contributed by atoms with Gasteiger partial charge in [0.25, 0.3) is 0 Å². The molecule has 1 aliphatic rings. The van der Waals surface area contributed by atoms with Gasteiger partial charge in [0.2, 0.25) is 0 Å². The van der Waals surface area contributed by atoms with Gasteiger partial charge in [-0.1, -0.05) is 11.6 Å². The fourth-order valence-corrected chi connectivity index (χ4v) is 1.72. The number of benzene rings is 1. The fraction of sp³-hybridized carbons (Fsp3) is 0.364. The van der Waals surface area contributed by atoms with Crippen LogP contribution >= 0.6 is 11.6 Å².